The molecule has 20 heavy (non-hydrogen) atoms. The molecule has 2 aromatic rings. The first kappa shape index (κ1) is 14.9. The van der Waals surface area contributed by atoms with Crippen molar-refractivity contribution in [1.82, 2.24) is 15.1 Å². The van der Waals surface area contributed by atoms with E-state index in [-0.39, 0.29) is 0 Å². The third-order valence-electron chi connectivity index (χ3n) is 3.01. The molecule has 1 aromatic heterocycles. The zero-order chi connectivity index (χ0) is 14.4. The molecule has 4 nitrogen and oxygen atoms in total. The third kappa shape index (κ3) is 4.58. The van der Waals surface area contributed by atoms with Gasteiger partial charge in [0, 0.05) is 29.4 Å². The summed E-state index contributed by atoms with van der Waals surface area (Å²) in [6, 6.07) is 9.90. The van der Waals surface area contributed by atoms with Gasteiger partial charge in [-0.05, 0) is 31.5 Å². The van der Waals surface area contributed by atoms with Crippen molar-refractivity contribution in [3.63, 3.8) is 0 Å². The lowest BCUT2D eigenvalue weighted by Crippen LogP contribution is -2.33. The average molecular weight is 291 g/mol. The Balaban J connectivity index is 1.71. The van der Waals surface area contributed by atoms with Crippen LogP contribution in [0.4, 0.5) is 0 Å². The van der Waals surface area contributed by atoms with Crippen LogP contribution in [0.2, 0.25) is 0 Å². The summed E-state index contributed by atoms with van der Waals surface area (Å²) in [5.41, 5.74) is 1.17. The minimum absolute atomic E-state index is 0.307. The number of hydrogen-bond acceptors (Lipinski definition) is 3. The van der Waals surface area contributed by atoms with Crippen molar-refractivity contribution >= 4 is 10.8 Å². The molecule has 0 unspecified atom stereocenters. The fourth-order valence-corrected chi connectivity index (χ4v) is 3.00. The summed E-state index contributed by atoms with van der Waals surface area (Å²) < 4.78 is 14.0. The predicted octanol–water partition coefficient (Wildman–Crippen LogP) is 1.98. The molecule has 0 bridgehead atoms. The first-order chi connectivity index (χ1) is 9.65. The quantitative estimate of drug-likeness (QED) is 0.848. The van der Waals surface area contributed by atoms with Crippen LogP contribution in [0.3, 0.4) is 0 Å². The van der Waals surface area contributed by atoms with Gasteiger partial charge in [-0.15, -0.1) is 0 Å². The Hall–Kier alpha value is -1.46. The van der Waals surface area contributed by atoms with E-state index in [1.807, 2.05) is 54.3 Å². The van der Waals surface area contributed by atoms with Crippen molar-refractivity contribution < 1.29 is 4.21 Å². The molecular weight excluding hydrogens is 270 g/mol. The molecule has 0 spiro atoms. The van der Waals surface area contributed by atoms with Crippen LogP contribution in [-0.2, 0) is 17.3 Å². The summed E-state index contributed by atoms with van der Waals surface area (Å²) in [4.78, 5) is 0.893. The van der Waals surface area contributed by atoms with Crippen LogP contribution in [0.1, 0.15) is 12.5 Å². The molecule has 2 rings (SSSR count). The third-order valence-corrected chi connectivity index (χ3v) is 4.38. The zero-order valence-corrected chi connectivity index (χ0v) is 12.8. The standard InChI is InChI=1S/C15H21N3OS/c1-13-10-17-18(11-13)12-14(2)16-8-9-20(19)15-6-4-3-5-7-15/h3-7,10-11,14,16H,8-9,12H2,1-2H3/t14-,20+/m0/s1. The van der Waals surface area contributed by atoms with E-state index in [9.17, 15) is 4.21 Å². The zero-order valence-electron chi connectivity index (χ0n) is 12.0. The molecule has 108 valence electrons. The number of hydrogen-bond donors (Lipinski definition) is 1. The number of aromatic nitrogens is 2. The number of rotatable bonds is 7. The first-order valence-electron chi connectivity index (χ1n) is 6.81. The smallest absolute Gasteiger partial charge is 0.0560 e. The highest BCUT2D eigenvalue weighted by Gasteiger charge is 2.06. The van der Waals surface area contributed by atoms with Crippen molar-refractivity contribution in [1.29, 1.82) is 0 Å². The van der Waals surface area contributed by atoms with Crippen LogP contribution >= 0.6 is 0 Å². The number of nitrogens with one attached hydrogen (secondary N) is 1. The molecule has 1 N–H and O–H groups in total. The summed E-state index contributed by atoms with van der Waals surface area (Å²) in [6.45, 7) is 5.71. The minimum atomic E-state index is -0.927. The summed E-state index contributed by atoms with van der Waals surface area (Å²) in [7, 11) is -0.927. The van der Waals surface area contributed by atoms with E-state index in [2.05, 4.69) is 17.3 Å². The highest BCUT2D eigenvalue weighted by molar-refractivity contribution is 7.85. The molecule has 0 radical (unpaired) electrons. The number of nitrogens with zero attached hydrogens (tertiary/aromatic N) is 2. The highest BCUT2D eigenvalue weighted by Crippen LogP contribution is 2.04. The summed E-state index contributed by atoms with van der Waals surface area (Å²) in [5, 5.41) is 7.65. The van der Waals surface area contributed by atoms with Gasteiger partial charge in [0.15, 0.2) is 0 Å². The van der Waals surface area contributed by atoms with Gasteiger partial charge in [0.05, 0.1) is 23.5 Å². The molecule has 0 saturated carbocycles. The van der Waals surface area contributed by atoms with Gasteiger partial charge in [-0.25, -0.2) is 0 Å². The summed E-state index contributed by atoms with van der Waals surface area (Å²) in [5.74, 6) is 0.631. The van der Waals surface area contributed by atoms with Gasteiger partial charge in [0.2, 0.25) is 0 Å². The van der Waals surface area contributed by atoms with Crippen molar-refractivity contribution in [2.24, 2.45) is 0 Å². The van der Waals surface area contributed by atoms with Gasteiger partial charge in [0.1, 0.15) is 0 Å². The van der Waals surface area contributed by atoms with E-state index < -0.39 is 10.8 Å². The maximum Gasteiger partial charge on any atom is 0.0560 e. The van der Waals surface area contributed by atoms with Crippen LogP contribution in [0.15, 0.2) is 47.6 Å². The van der Waals surface area contributed by atoms with Crippen molar-refractivity contribution in [2.75, 3.05) is 12.3 Å². The van der Waals surface area contributed by atoms with E-state index in [0.717, 1.165) is 18.0 Å². The number of benzene rings is 1. The van der Waals surface area contributed by atoms with E-state index in [1.54, 1.807) is 0 Å². The SMILES string of the molecule is Cc1cnn(C[C@H](C)NCC[S@@](=O)c2ccccc2)c1. The van der Waals surface area contributed by atoms with E-state index in [0.29, 0.717) is 11.8 Å². The Morgan fingerprint density at radius 3 is 2.75 bits per heavy atom. The van der Waals surface area contributed by atoms with Crippen LogP contribution < -0.4 is 5.32 Å². The second kappa shape index (κ2) is 7.36. The van der Waals surface area contributed by atoms with Crippen LogP contribution in [0, 0.1) is 6.92 Å². The van der Waals surface area contributed by atoms with Gasteiger partial charge in [-0.1, -0.05) is 18.2 Å². The molecule has 0 aliphatic rings. The lowest BCUT2D eigenvalue weighted by atomic mass is 10.3. The summed E-state index contributed by atoms with van der Waals surface area (Å²) in [6.07, 6.45) is 3.89. The largest absolute Gasteiger partial charge is 0.311 e. The molecule has 0 aliphatic carbocycles. The van der Waals surface area contributed by atoms with Gasteiger partial charge < -0.3 is 5.32 Å². The maximum absolute atomic E-state index is 12.0. The monoisotopic (exact) mass is 291 g/mol. The average Bonchev–Trinajstić information content (AvgIpc) is 2.85. The predicted molar refractivity (Wildman–Crippen MR) is 82.1 cm³/mol. The molecule has 1 heterocycles. The topological polar surface area (TPSA) is 46.9 Å². The fraction of sp³-hybridized carbons (Fsp3) is 0.400. The molecule has 1 aromatic carbocycles. The van der Waals surface area contributed by atoms with Crippen LogP contribution in [0.5, 0.6) is 0 Å². The van der Waals surface area contributed by atoms with Gasteiger partial charge >= 0.3 is 0 Å². The van der Waals surface area contributed by atoms with Crippen LogP contribution in [-0.4, -0.2) is 32.3 Å². The molecule has 0 aliphatic heterocycles. The Kier molecular flexibility index (Phi) is 5.49. The Morgan fingerprint density at radius 1 is 1.35 bits per heavy atom. The molecular formula is C15H21N3OS. The van der Waals surface area contributed by atoms with Crippen molar-refractivity contribution in [3.05, 3.63) is 48.3 Å². The second-order valence-corrected chi connectivity index (χ2v) is 6.53. The van der Waals surface area contributed by atoms with Gasteiger partial charge in [0.25, 0.3) is 0 Å². The molecule has 2 atom stereocenters. The molecule has 0 saturated heterocycles. The lowest BCUT2D eigenvalue weighted by Gasteiger charge is -2.13. The molecule has 0 amide bonds. The fourth-order valence-electron chi connectivity index (χ4n) is 2.00. The molecule has 5 heteroatoms. The molecule has 0 fully saturated rings. The number of aryl methyl sites for hydroxylation is 1. The lowest BCUT2D eigenvalue weighted by molar-refractivity contribution is 0.462. The Labute approximate surface area is 122 Å². The second-order valence-electron chi connectivity index (χ2n) is 4.96. The minimum Gasteiger partial charge on any atom is -0.311 e. The highest BCUT2D eigenvalue weighted by atomic mass is 32.2. The van der Waals surface area contributed by atoms with Crippen molar-refractivity contribution in [3.8, 4) is 0 Å². The van der Waals surface area contributed by atoms with E-state index in [4.69, 9.17) is 0 Å². The Bertz CT molecular complexity index is 553. The normalized spacial score (nSPS) is 14.1. The van der Waals surface area contributed by atoms with Gasteiger partial charge in [-0.2, -0.15) is 5.10 Å². The van der Waals surface area contributed by atoms with E-state index >= 15 is 0 Å². The maximum atomic E-state index is 12.0. The summed E-state index contributed by atoms with van der Waals surface area (Å²) >= 11 is 0. The van der Waals surface area contributed by atoms with E-state index in [1.165, 1.54) is 5.56 Å². The first-order valence-corrected chi connectivity index (χ1v) is 8.13. The van der Waals surface area contributed by atoms with Crippen LogP contribution in [0.25, 0.3) is 0 Å². The van der Waals surface area contributed by atoms with Gasteiger partial charge in [-0.3, -0.25) is 8.89 Å². The van der Waals surface area contributed by atoms with Crippen molar-refractivity contribution in [2.45, 2.75) is 31.3 Å². The Morgan fingerprint density at radius 2 is 2.10 bits per heavy atom.